The topological polar surface area (TPSA) is 32.7 Å². The third-order valence-corrected chi connectivity index (χ3v) is 3.30. The summed E-state index contributed by atoms with van der Waals surface area (Å²) in [4.78, 5) is 1.88. The van der Waals surface area contributed by atoms with Crippen molar-refractivity contribution in [1.29, 1.82) is 0 Å². The fourth-order valence-corrected chi connectivity index (χ4v) is 2.11. The summed E-state index contributed by atoms with van der Waals surface area (Å²) in [6.45, 7) is 2.77. The van der Waals surface area contributed by atoms with E-state index in [1.807, 2.05) is 11.8 Å². The zero-order chi connectivity index (χ0) is 14.0. The quantitative estimate of drug-likeness (QED) is 0.852. The van der Waals surface area contributed by atoms with Gasteiger partial charge in [-0.2, -0.15) is 0 Å². The molecule has 1 saturated heterocycles. The molecular formula is C13H16F3NO2. The van der Waals surface area contributed by atoms with Gasteiger partial charge in [-0.3, -0.25) is 4.90 Å². The molecule has 6 heteroatoms. The van der Waals surface area contributed by atoms with E-state index in [2.05, 4.69) is 0 Å². The number of nitrogens with zero attached hydrogens (tertiary/aromatic N) is 1. The van der Waals surface area contributed by atoms with Crippen LogP contribution in [0.2, 0.25) is 0 Å². The Kier molecular flexibility index (Phi) is 4.44. The normalized spacial score (nSPS) is 24.7. The lowest BCUT2D eigenvalue weighted by Gasteiger charge is -2.37. The second-order valence-electron chi connectivity index (χ2n) is 4.77. The van der Waals surface area contributed by atoms with Gasteiger partial charge >= 0.3 is 0 Å². The summed E-state index contributed by atoms with van der Waals surface area (Å²) in [5, 5.41) is 9.06. The monoisotopic (exact) mass is 275 g/mol. The number of rotatable bonds is 3. The van der Waals surface area contributed by atoms with E-state index in [0.29, 0.717) is 19.2 Å². The van der Waals surface area contributed by atoms with E-state index < -0.39 is 17.5 Å². The molecule has 0 radical (unpaired) electrons. The van der Waals surface area contributed by atoms with Gasteiger partial charge in [0.2, 0.25) is 0 Å². The van der Waals surface area contributed by atoms with Crippen molar-refractivity contribution in [2.75, 3.05) is 19.8 Å². The van der Waals surface area contributed by atoms with E-state index in [0.717, 1.165) is 6.07 Å². The smallest absolute Gasteiger partial charge is 0.161 e. The Balaban J connectivity index is 2.13. The maximum Gasteiger partial charge on any atom is 0.161 e. The summed E-state index contributed by atoms with van der Waals surface area (Å²) in [6.07, 6.45) is -0.329. The Labute approximate surface area is 109 Å². The third-order valence-electron chi connectivity index (χ3n) is 3.30. The average Bonchev–Trinajstić information content (AvgIpc) is 2.38. The van der Waals surface area contributed by atoms with Crippen molar-refractivity contribution in [3.8, 4) is 0 Å². The summed E-state index contributed by atoms with van der Waals surface area (Å²) < 4.78 is 44.9. The molecule has 2 unspecified atom stereocenters. The molecule has 1 aromatic carbocycles. The van der Waals surface area contributed by atoms with Crippen LogP contribution in [0.1, 0.15) is 12.5 Å². The molecule has 2 atom stereocenters. The first-order valence-electron chi connectivity index (χ1n) is 6.11. The van der Waals surface area contributed by atoms with Crippen LogP contribution in [0, 0.1) is 17.5 Å². The van der Waals surface area contributed by atoms with Crippen LogP contribution < -0.4 is 0 Å². The third kappa shape index (κ3) is 3.26. The Hall–Kier alpha value is -1.11. The van der Waals surface area contributed by atoms with Crippen molar-refractivity contribution in [1.82, 2.24) is 4.90 Å². The van der Waals surface area contributed by atoms with Gasteiger partial charge in [0.1, 0.15) is 5.82 Å². The van der Waals surface area contributed by atoms with Crippen molar-refractivity contribution in [3.05, 3.63) is 35.1 Å². The van der Waals surface area contributed by atoms with E-state index in [1.165, 1.54) is 0 Å². The van der Waals surface area contributed by atoms with Gasteiger partial charge in [-0.1, -0.05) is 0 Å². The van der Waals surface area contributed by atoms with E-state index in [9.17, 15) is 13.2 Å². The van der Waals surface area contributed by atoms with Crippen molar-refractivity contribution in [3.63, 3.8) is 0 Å². The molecule has 106 valence electrons. The van der Waals surface area contributed by atoms with Crippen molar-refractivity contribution in [2.24, 2.45) is 0 Å². The molecule has 3 nitrogen and oxygen atoms in total. The van der Waals surface area contributed by atoms with Crippen LogP contribution in [0.4, 0.5) is 13.2 Å². The molecule has 0 aromatic heterocycles. The van der Waals surface area contributed by atoms with E-state index in [-0.39, 0.29) is 30.9 Å². The molecule has 1 aliphatic heterocycles. The van der Waals surface area contributed by atoms with Crippen LogP contribution in [0.25, 0.3) is 0 Å². The van der Waals surface area contributed by atoms with E-state index in [1.54, 1.807) is 0 Å². The van der Waals surface area contributed by atoms with Crippen LogP contribution in [-0.2, 0) is 11.3 Å². The maximum atomic E-state index is 13.6. The second-order valence-corrected chi connectivity index (χ2v) is 4.77. The molecule has 1 N–H and O–H groups in total. The number of aliphatic hydroxyl groups is 1. The highest BCUT2D eigenvalue weighted by molar-refractivity contribution is 5.20. The number of ether oxygens (including phenoxy) is 1. The highest BCUT2D eigenvalue weighted by Crippen LogP contribution is 2.19. The molecule has 2 rings (SSSR count). The van der Waals surface area contributed by atoms with Gasteiger partial charge in [0, 0.05) is 30.8 Å². The molecule has 0 saturated carbocycles. The SMILES string of the molecule is CC1COC(CO)CN1Cc1cc(F)c(F)cc1F. The van der Waals surface area contributed by atoms with Crippen molar-refractivity contribution in [2.45, 2.75) is 25.6 Å². The fourth-order valence-electron chi connectivity index (χ4n) is 2.11. The first-order valence-corrected chi connectivity index (χ1v) is 6.11. The predicted molar refractivity (Wildman–Crippen MR) is 63.0 cm³/mol. The van der Waals surface area contributed by atoms with E-state index in [4.69, 9.17) is 9.84 Å². The van der Waals surface area contributed by atoms with Crippen LogP contribution in [0.3, 0.4) is 0 Å². The zero-order valence-corrected chi connectivity index (χ0v) is 10.6. The lowest BCUT2D eigenvalue weighted by Crippen LogP contribution is -2.48. The molecule has 1 heterocycles. The molecule has 19 heavy (non-hydrogen) atoms. The lowest BCUT2D eigenvalue weighted by atomic mass is 10.1. The highest BCUT2D eigenvalue weighted by atomic mass is 19.2. The largest absolute Gasteiger partial charge is 0.394 e. The molecular weight excluding hydrogens is 259 g/mol. The minimum atomic E-state index is -1.19. The Morgan fingerprint density at radius 3 is 2.63 bits per heavy atom. The van der Waals surface area contributed by atoms with Gasteiger partial charge in [0.25, 0.3) is 0 Å². The van der Waals surface area contributed by atoms with Crippen LogP contribution in [0.15, 0.2) is 12.1 Å². The standard InChI is InChI=1S/C13H16F3NO2/c1-8-7-19-10(6-18)5-17(8)4-9-2-12(15)13(16)3-11(9)14/h2-3,8,10,18H,4-7H2,1H3. The fraction of sp³-hybridized carbons (Fsp3) is 0.538. The van der Waals surface area contributed by atoms with Crippen molar-refractivity contribution >= 4 is 0 Å². The molecule has 0 bridgehead atoms. The zero-order valence-electron chi connectivity index (χ0n) is 10.6. The Morgan fingerprint density at radius 1 is 1.26 bits per heavy atom. The Bertz CT molecular complexity index is 456. The average molecular weight is 275 g/mol. The van der Waals surface area contributed by atoms with Gasteiger partial charge < -0.3 is 9.84 Å². The minimum absolute atomic E-state index is 0.0234. The van der Waals surface area contributed by atoms with Crippen LogP contribution in [-0.4, -0.2) is 41.9 Å². The predicted octanol–water partition coefficient (Wildman–Crippen LogP) is 1.69. The first-order chi connectivity index (χ1) is 9.01. The van der Waals surface area contributed by atoms with Crippen LogP contribution in [0.5, 0.6) is 0 Å². The first kappa shape index (κ1) is 14.3. The summed E-state index contributed by atoms with van der Waals surface area (Å²) >= 11 is 0. The van der Waals surface area contributed by atoms with Gasteiger partial charge in [-0.15, -0.1) is 0 Å². The summed E-state index contributed by atoms with van der Waals surface area (Å²) in [5.74, 6) is -3.02. The lowest BCUT2D eigenvalue weighted by molar-refractivity contribution is -0.0808. The molecule has 0 aliphatic carbocycles. The minimum Gasteiger partial charge on any atom is -0.394 e. The number of hydrogen-bond donors (Lipinski definition) is 1. The molecule has 1 aliphatic rings. The number of halogens is 3. The second kappa shape index (κ2) is 5.90. The van der Waals surface area contributed by atoms with Gasteiger partial charge in [0.15, 0.2) is 11.6 Å². The number of morpholine rings is 1. The van der Waals surface area contributed by atoms with Gasteiger partial charge in [-0.05, 0) is 13.0 Å². The number of hydrogen-bond acceptors (Lipinski definition) is 3. The maximum absolute atomic E-state index is 13.6. The summed E-state index contributed by atoms with van der Waals surface area (Å²) in [6, 6.07) is 1.45. The molecule has 1 aromatic rings. The molecule has 0 amide bonds. The number of benzene rings is 1. The number of aliphatic hydroxyl groups excluding tert-OH is 1. The summed E-state index contributed by atoms with van der Waals surface area (Å²) in [7, 11) is 0. The molecule has 0 spiro atoms. The van der Waals surface area contributed by atoms with E-state index >= 15 is 0 Å². The van der Waals surface area contributed by atoms with Crippen LogP contribution >= 0.6 is 0 Å². The summed E-state index contributed by atoms with van der Waals surface area (Å²) in [5.41, 5.74) is 0.101. The van der Waals surface area contributed by atoms with Gasteiger partial charge in [0.05, 0.1) is 19.3 Å². The van der Waals surface area contributed by atoms with Gasteiger partial charge in [-0.25, -0.2) is 13.2 Å². The molecule has 1 fully saturated rings. The highest BCUT2D eigenvalue weighted by Gasteiger charge is 2.26. The van der Waals surface area contributed by atoms with Crippen molar-refractivity contribution < 1.29 is 23.0 Å². The Morgan fingerprint density at radius 2 is 1.95 bits per heavy atom.